The molecule has 1 aromatic rings. The number of sulfonamides is 1. The molecule has 120 valence electrons. The molecule has 1 fully saturated rings. The van der Waals surface area contributed by atoms with E-state index in [1.807, 2.05) is 0 Å². The number of carbonyl (C=O) groups is 1. The molecule has 7 nitrogen and oxygen atoms in total. The zero-order valence-electron chi connectivity index (χ0n) is 11.9. The van der Waals surface area contributed by atoms with E-state index in [2.05, 4.69) is 21.0 Å². The van der Waals surface area contributed by atoms with Crippen LogP contribution in [-0.2, 0) is 14.8 Å². The van der Waals surface area contributed by atoms with Crippen molar-refractivity contribution in [2.75, 3.05) is 5.43 Å². The minimum absolute atomic E-state index is 0.0824. The van der Waals surface area contributed by atoms with Gasteiger partial charge in [0.1, 0.15) is 16.4 Å². The maximum absolute atomic E-state index is 13.4. The summed E-state index contributed by atoms with van der Waals surface area (Å²) in [5.41, 5.74) is 4.00. The quantitative estimate of drug-likeness (QED) is 0.687. The van der Waals surface area contributed by atoms with Gasteiger partial charge in [0, 0.05) is 12.1 Å². The fourth-order valence-corrected chi connectivity index (χ4v) is 2.94. The Bertz CT molecular complexity index is 857. The van der Waals surface area contributed by atoms with E-state index >= 15 is 0 Å². The molecular formula is C14H14FN4O3S+. The molecule has 2 aliphatic rings. The summed E-state index contributed by atoms with van der Waals surface area (Å²) >= 11 is 0. The number of fused-ring (bicyclic) bond motifs is 1. The summed E-state index contributed by atoms with van der Waals surface area (Å²) in [5, 5.41) is 9.75. The zero-order valence-corrected chi connectivity index (χ0v) is 12.7. The Labute approximate surface area is 131 Å². The van der Waals surface area contributed by atoms with Gasteiger partial charge < -0.3 is 5.32 Å². The number of halogens is 1. The van der Waals surface area contributed by atoms with E-state index in [4.69, 9.17) is 0 Å². The molecule has 1 unspecified atom stereocenters. The SMILES string of the molecule is [NH3+]S(=O)(=O)c1ccc(NN=C2C(=O)NC3=CC=C(F)CC32)cc1. The maximum atomic E-state index is 13.4. The molecule has 0 bridgehead atoms. The van der Waals surface area contributed by atoms with E-state index in [-0.39, 0.29) is 28.8 Å². The zero-order chi connectivity index (χ0) is 16.6. The van der Waals surface area contributed by atoms with Gasteiger partial charge in [-0.1, -0.05) is 0 Å². The second-order valence-corrected chi connectivity index (χ2v) is 6.90. The Morgan fingerprint density at radius 2 is 1.96 bits per heavy atom. The third-order valence-electron chi connectivity index (χ3n) is 3.56. The monoisotopic (exact) mass is 337 g/mol. The first-order valence-electron chi connectivity index (χ1n) is 6.74. The van der Waals surface area contributed by atoms with Gasteiger partial charge in [-0.25, -0.2) is 9.53 Å². The second-order valence-electron chi connectivity index (χ2n) is 5.19. The number of benzene rings is 1. The molecule has 9 heteroatoms. The molecule has 0 spiro atoms. The number of allylic oxidation sites excluding steroid dienone is 4. The first-order chi connectivity index (χ1) is 10.8. The predicted molar refractivity (Wildman–Crippen MR) is 81.1 cm³/mol. The first kappa shape index (κ1) is 15.4. The van der Waals surface area contributed by atoms with Gasteiger partial charge in [-0.2, -0.15) is 13.5 Å². The van der Waals surface area contributed by atoms with Crippen LogP contribution >= 0.6 is 0 Å². The fourth-order valence-electron chi connectivity index (χ4n) is 2.39. The summed E-state index contributed by atoms with van der Waals surface area (Å²) < 4.78 is 35.9. The van der Waals surface area contributed by atoms with Gasteiger partial charge in [0.2, 0.25) is 0 Å². The molecule has 0 aromatic heterocycles. The fraction of sp³-hybridized carbons (Fsp3) is 0.143. The summed E-state index contributed by atoms with van der Waals surface area (Å²) in [5.74, 6) is -1.12. The predicted octanol–water partition coefficient (Wildman–Crippen LogP) is 0.272. The minimum atomic E-state index is -3.51. The number of nitrogens with one attached hydrogen (secondary N) is 2. The van der Waals surface area contributed by atoms with Crippen LogP contribution in [0.25, 0.3) is 0 Å². The van der Waals surface area contributed by atoms with Crippen molar-refractivity contribution in [1.82, 2.24) is 5.32 Å². The highest BCUT2D eigenvalue weighted by molar-refractivity contribution is 7.84. The Morgan fingerprint density at radius 1 is 1.26 bits per heavy atom. The van der Waals surface area contributed by atoms with Gasteiger partial charge in [0.25, 0.3) is 5.91 Å². The molecule has 0 saturated carbocycles. The molecule has 1 heterocycles. The summed E-state index contributed by atoms with van der Waals surface area (Å²) in [6, 6.07) is 5.78. The molecule has 23 heavy (non-hydrogen) atoms. The molecule has 5 N–H and O–H groups in total. The van der Waals surface area contributed by atoms with E-state index in [1.165, 1.54) is 36.4 Å². The number of amides is 1. The summed E-state index contributed by atoms with van der Waals surface area (Å²) in [7, 11) is -3.51. The van der Waals surface area contributed by atoms with Crippen molar-refractivity contribution in [3.05, 3.63) is 47.9 Å². The van der Waals surface area contributed by atoms with Crippen molar-refractivity contribution in [1.29, 1.82) is 0 Å². The number of nitrogens with zero attached hydrogens (tertiary/aromatic N) is 1. The molecule has 3 rings (SSSR count). The van der Waals surface area contributed by atoms with Gasteiger partial charge in [-0.15, -0.1) is 0 Å². The molecule has 1 amide bonds. The summed E-state index contributed by atoms with van der Waals surface area (Å²) in [6.07, 6.45) is 2.93. The van der Waals surface area contributed by atoms with E-state index in [9.17, 15) is 17.6 Å². The number of hydrogen-bond acceptors (Lipinski definition) is 5. The average Bonchev–Trinajstić information content (AvgIpc) is 2.79. The number of hydrazone groups is 1. The highest BCUT2D eigenvalue weighted by Crippen LogP contribution is 2.30. The van der Waals surface area contributed by atoms with Crippen LogP contribution < -0.4 is 15.9 Å². The Balaban J connectivity index is 1.79. The van der Waals surface area contributed by atoms with Crippen molar-refractivity contribution in [2.24, 2.45) is 11.0 Å². The van der Waals surface area contributed by atoms with Gasteiger partial charge in [0.15, 0.2) is 0 Å². The molecule has 1 saturated heterocycles. The number of hydrogen-bond donors (Lipinski definition) is 3. The normalized spacial score (nSPS) is 22.3. The molecule has 1 aliphatic carbocycles. The highest BCUT2D eigenvalue weighted by atomic mass is 32.2. The lowest BCUT2D eigenvalue weighted by molar-refractivity contribution is -0.164. The molecule has 1 aliphatic heterocycles. The third-order valence-corrected chi connectivity index (χ3v) is 4.55. The molecule has 1 aromatic carbocycles. The number of carbonyl (C=O) groups excluding carboxylic acids is 1. The standard InChI is InChI=1S/C14H13FN4O3S/c15-8-1-6-12-11(7-8)13(14(20)17-12)19-18-9-2-4-10(5-3-9)23(16,21)22/h1-6,11,18H,7H2,(H,17,20)(H2,16,21,22)/p+1. The first-order valence-corrected chi connectivity index (χ1v) is 8.39. The van der Waals surface area contributed by atoms with Crippen molar-refractivity contribution >= 4 is 27.3 Å². The average molecular weight is 337 g/mol. The van der Waals surface area contributed by atoms with Crippen LogP contribution in [0.2, 0.25) is 0 Å². The second kappa shape index (κ2) is 5.60. The molecule has 0 radical (unpaired) electrons. The van der Waals surface area contributed by atoms with Crippen molar-refractivity contribution < 1.29 is 22.7 Å². The Morgan fingerprint density at radius 3 is 2.61 bits per heavy atom. The van der Waals surface area contributed by atoms with Crippen molar-refractivity contribution in [3.8, 4) is 0 Å². The number of rotatable bonds is 3. The largest absolute Gasteiger partial charge is 0.324 e. The van der Waals surface area contributed by atoms with Gasteiger partial charge in [-0.05, 0) is 36.4 Å². The number of quaternary nitrogens is 1. The lowest BCUT2D eigenvalue weighted by Crippen LogP contribution is -2.56. The van der Waals surface area contributed by atoms with Crippen LogP contribution in [0, 0.1) is 5.92 Å². The van der Waals surface area contributed by atoms with Crippen LogP contribution in [0.4, 0.5) is 10.1 Å². The van der Waals surface area contributed by atoms with Gasteiger partial charge in [0.05, 0.1) is 11.6 Å². The minimum Gasteiger partial charge on any atom is -0.324 e. The lowest BCUT2D eigenvalue weighted by Gasteiger charge is -2.13. The van der Waals surface area contributed by atoms with E-state index in [0.717, 1.165) is 0 Å². The highest BCUT2D eigenvalue weighted by Gasteiger charge is 2.36. The van der Waals surface area contributed by atoms with Gasteiger partial charge in [-0.3, -0.25) is 10.2 Å². The van der Waals surface area contributed by atoms with Crippen molar-refractivity contribution in [2.45, 2.75) is 11.3 Å². The van der Waals surface area contributed by atoms with Crippen LogP contribution in [0.5, 0.6) is 0 Å². The summed E-state index contributed by atoms with van der Waals surface area (Å²) in [4.78, 5) is 12.0. The van der Waals surface area contributed by atoms with E-state index in [1.54, 1.807) is 0 Å². The number of anilines is 1. The topological polar surface area (TPSA) is 115 Å². The summed E-state index contributed by atoms with van der Waals surface area (Å²) in [6.45, 7) is 0. The lowest BCUT2D eigenvalue weighted by atomic mass is 9.95. The van der Waals surface area contributed by atoms with Crippen LogP contribution in [-0.4, -0.2) is 20.0 Å². The van der Waals surface area contributed by atoms with Gasteiger partial charge >= 0.3 is 10.0 Å². The maximum Gasteiger partial charge on any atom is 0.322 e. The van der Waals surface area contributed by atoms with Crippen LogP contribution in [0.15, 0.2) is 57.9 Å². The van der Waals surface area contributed by atoms with Crippen molar-refractivity contribution in [3.63, 3.8) is 0 Å². The Kier molecular flexibility index (Phi) is 3.74. The van der Waals surface area contributed by atoms with Crippen LogP contribution in [0.3, 0.4) is 0 Å². The molecular weight excluding hydrogens is 323 g/mol. The van der Waals surface area contributed by atoms with Crippen LogP contribution in [0.1, 0.15) is 6.42 Å². The molecule has 1 atom stereocenters. The smallest absolute Gasteiger partial charge is 0.322 e. The Hall–Kier alpha value is -2.52. The third kappa shape index (κ3) is 3.15. The van der Waals surface area contributed by atoms with E-state index in [0.29, 0.717) is 11.4 Å². The van der Waals surface area contributed by atoms with E-state index < -0.39 is 15.9 Å².